The van der Waals surface area contributed by atoms with Crippen molar-refractivity contribution in [2.45, 2.75) is 52.4 Å². The van der Waals surface area contributed by atoms with Crippen molar-refractivity contribution >= 4 is 16.8 Å². The highest BCUT2D eigenvalue weighted by Crippen LogP contribution is 2.18. The van der Waals surface area contributed by atoms with Gasteiger partial charge in [-0.15, -0.1) is 0 Å². The van der Waals surface area contributed by atoms with Crippen molar-refractivity contribution in [2.24, 2.45) is 0 Å². The zero-order chi connectivity index (χ0) is 17.1. The molecule has 0 aliphatic carbocycles. The number of carbonyl (C=O) groups is 1. The van der Waals surface area contributed by atoms with Gasteiger partial charge in [-0.05, 0) is 67.8 Å². The van der Waals surface area contributed by atoms with Crippen molar-refractivity contribution < 1.29 is 4.79 Å². The van der Waals surface area contributed by atoms with Gasteiger partial charge >= 0.3 is 0 Å². The summed E-state index contributed by atoms with van der Waals surface area (Å²) >= 11 is 0. The number of likely N-dealkylation sites (tertiary alicyclic amines) is 1. The number of rotatable bonds is 3. The topological polar surface area (TPSA) is 53.2 Å². The molecule has 1 amide bonds. The second-order valence-electron chi connectivity index (χ2n) is 6.94. The van der Waals surface area contributed by atoms with Crippen LogP contribution in [0.5, 0.6) is 0 Å². The molecule has 3 rings (SSSR count). The molecule has 24 heavy (non-hydrogen) atoms. The first-order valence-electron chi connectivity index (χ1n) is 8.95. The summed E-state index contributed by atoms with van der Waals surface area (Å²) in [5.74, 6) is 0.177. The molecule has 4 heteroatoms. The lowest BCUT2D eigenvalue weighted by atomic mass is 10.0. The van der Waals surface area contributed by atoms with Crippen LogP contribution in [0.4, 0.5) is 0 Å². The number of benzene rings is 1. The standard InChI is InChI=1S/C20H26N2O2/c1-14-11-17-13-16(20(24)21-18(17)12-15(14)2)7-8-19(23)22-9-5-3-4-6-10-22/h11-13H,3-10H2,1-2H3,(H,21,24). The fourth-order valence-corrected chi connectivity index (χ4v) is 3.43. The fourth-order valence-electron chi connectivity index (χ4n) is 3.43. The molecule has 1 fully saturated rings. The first-order valence-corrected chi connectivity index (χ1v) is 8.95. The fraction of sp³-hybridized carbons (Fsp3) is 0.500. The molecule has 2 heterocycles. The lowest BCUT2D eigenvalue weighted by Gasteiger charge is -2.20. The normalized spacial score (nSPS) is 15.5. The largest absolute Gasteiger partial charge is 0.343 e. The van der Waals surface area contributed by atoms with E-state index in [4.69, 9.17) is 0 Å². The zero-order valence-electron chi connectivity index (χ0n) is 14.7. The van der Waals surface area contributed by atoms with Crippen LogP contribution in [0.25, 0.3) is 10.9 Å². The smallest absolute Gasteiger partial charge is 0.251 e. The van der Waals surface area contributed by atoms with Gasteiger partial charge in [-0.25, -0.2) is 0 Å². The number of nitrogens with zero attached hydrogens (tertiary/aromatic N) is 1. The molecule has 4 nitrogen and oxygen atoms in total. The molecule has 1 aliphatic heterocycles. The Balaban J connectivity index is 1.74. The van der Waals surface area contributed by atoms with E-state index < -0.39 is 0 Å². The Kier molecular flexibility index (Phi) is 5.03. The molecule has 2 aromatic rings. The molecule has 128 valence electrons. The number of amides is 1. The summed E-state index contributed by atoms with van der Waals surface area (Å²) in [7, 11) is 0. The van der Waals surface area contributed by atoms with Crippen LogP contribution in [0.2, 0.25) is 0 Å². The highest BCUT2D eigenvalue weighted by Gasteiger charge is 2.16. The highest BCUT2D eigenvalue weighted by molar-refractivity contribution is 5.81. The zero-order valence-corrected chi connectivity index (χ0v) is 14.7. The molecule has 0 atom stereocenters. The van der Waals surface area contributed by atoms with E-state index in [1.807, 2.05) is 24.0 Å². The monoisotopic (exact) mass is 326 g/mol. The second-order valence-corrected chi connectivity index (χ2v) is 6.94. The maximum absolute atomic E-state index is 12.4. The number of aromatic nitrogens is 1. The van der Waals surface area contributed by atoms with E-state index in [2.05, 4.69) is 18.0 Å². The average Bonchev–Trinajstić information content (AvgIpc) is 2.84. The van der Waals surface area contributed by atoms with Gasteiger partial charge in [0.05, 0.1) is 0 Å². The molecular weight excluding hydrogens is 300 g/mol. The van der Waals surface area contributed by atoms with E-state index in [0.29, 0.717) is 18.4 Å². The third-order valence-corrected chi connectivity index (χ3v) is 5.10. The Morgan fingerprint density at radius 2 is 1.71 bits per heavy atom. The summed E-state index contributed by atoms with van der Waals surface area (Å²) in [5, 5.41) is 1.04. The van der Waals surface area contributed by atoms with Gasteiger partial charge in [0.25, 0.3) is 5.56 Å². The number of aromatic amines is 1. The molecule has 0 bridgehead atoms. The molecule has 1 aliphatic rings. The number of H-pyrrole nitrogens is 1. The van der Waals surface area contributed by atoms with Crippen molar-refractivity contribution in [3.05, 3.63) is 45.2 Å². The Morgan fingerprint density at radius 3 is 2.42 bits per heavy atom. The Hall–Kier alpha value is -2.10. The summed E-state index contributed by atoms with van der Waals surface area (Å²) in [6.07, 6.45) is 5.55. The van der Waals surface area contributed by atoms with Crippen LogP contribution in [0.15, 0.2) is 23.0 Å². The van der Waals surface area contributed by atoms with Crippen molar-refractivity contribution in [1.82, 2.24) is 9.88 Å². The lowest BCUT2D eigenvalue weighted by Crippen LogP contribution is -2.32. The first-order chi connectivity index (χ1) is 11.5. The van der Waals surface area contributed by atoms with E-state index in [1.165, 1.54) is 24.0 Å². The van der Waals surface area contributed by atoms with Crippen molar-refractivity contribution in [1.29, 1.82) is 0 Å². The summed E-state index contributed by atoms with van der Waals surface area (Å²) in [6.45, 7) is 5.85. The number of nitrogens with one attached hydrogen (secondary N) is 1. The summed E-state index contributed by atoms with van der Waals surface area (Å²) in [6, 6.07) is 6.05. The third kappa shape index (κ3) is 3.69. The summed E-state index contributed by atoms with van der Waals surface area (Å²) < 4.78 is 0. The number of hydrogen-bond acceptors (Lipinski definition) is 2. The average molecular weight is 326 g/mol. The molecule has 1 saturated heterocycles. The number of pyridine rings is 1. The molecule has 1 aromatic heterocycles. The number of hydrogen-bond donors (Lipinski definition) is 1. The quantitative estimate of drug-likeness (QED) is 0.939. The predicted molar refractivity (Wildman–Crippen MR) is 97.4 cm³/mol. The number of fused-ring (bicyclic) bond motifs is 1. The highest BCUT2D eigenvalue weighted by atomic mass is 16.2. The van der Waals surface area contributed by atoms with Crippen molar-refractivity contribution in [3.8, 4) is 0 Å². The Bertz CT molecular complexity index is 799. The van der Waals surface area contributed by atoms with Crippen LogP contribution < -0.4 is 5.56 Å². The minimum Gasteiger partial charge on any atom is -0.343 e. The molecular formula is C20H26N2O2. The van der Waals surface area contributed by atoms with Gasteiger partial charge in [0.1, 0.15) is 0 Å². The van der Waals surface area contributed by atoms with Gasteiger partial charge in [0.2, 0.25) is 5.91 Å². The lowest BCUT2D eigenvalue weighted by molar-refractivity contribution is -0.131. The van der Waals surface area contributed by atoms with Crippen LogP contribution in [0, 0.1) is 13.8 Å². The van der Waals surface area contributed by atoms with E-state index >= 15 is 0 Å². The van der Waals surface area contributed by atoms with Crippen LogP contribution in [-0.2, 0) is 11.2 Å². The van der Waals surface area contributed by atoms with Gasteiger partial charge in [-0.1, -0.05) is 12.8 Å². The van der Waals surface area contributed by atoms with E-state index in [1.54, 1.807) is 0 Å². The van der Waals surface area contributed by atoms with Crippen LogP contribution in [-0.4, -0.2) is 28.9 Å². The molecule has 0 radical (unpaired) electrons. The SMILES string of the molecule is Cc1cc2cc(CCC(=O)N3CCCCCC3)c(=O)[nH]c2cc1C. The van der Waals surface area contributed by atoms with Gasteiger partial charge in [0, 0.05) is 30.6 Å². The van der Waals surface area contributed by atoms with Crippen molar-refractivity contribution in [3.63, 3.8) is 0 Å². The van der Waals surface area contributed by atoms with Crippen LogP contribution in [0.1, 0.15) is 48.8 Å². The summed E-state index contributed by atoms with van der Waals surface area (Å²) in [4.78, 5) is 29.6. The molecule has 0 saturated carbocycles. The molecule has 0 unspecified atom stereocenters. The van der Waals surface area contributed by atoms with Gasteiger partial charge < -0.3 is 9.88 Å². The number of carbonyl (C=O) groups excluding carboxylic acids is 1. The predicted octanol–water partition coefficient (Wildman–Crippen LogP) is 3.48. The van der Waals surface area contributed by atoms with E-state index in [9.17, 15) is 9.59 Å². The minimum atomic E-state index is -0.0746. The Morgan fingerprint density at radius 1 is 1.04 bits per heavy atom. The maximum atomic E-state index is 12.4. The second kappa shape index (κ2) is 7.20. The Labute approximate surface area is 142 Å². The van der Waals surface area contributed by atoms with Crippen LogP contribution >= 0.6 is 0 Å². The minimum absolute atomic E-state index is 0.0746. The van der Waals surface area contributed by atoms with Crippen molar-refractivity contribution in [2.75, 3.05) is 13.1 Å². The summed E-state index contributed by atoms with van der Waals surface area (Å²) in [5.41, 5.74) is 3.87. The molecule has 0 spiro atoms. The van der Waals surface area contributed by atoms with Crippen LogP contribution in [0.3, 0.4) is 0 Å². The maximum Gasteiger partial charge on any atom is 0.251 e. The van der Waals surface area contributed by atoms with E-state index in [0.717, 1.165) is 36.8 Å². The first kappa shape index (κ1) is 16.7. The number of aryl methyl sites for hydroxylation is 3. The third-order valence-electron chi connectivity index (χ3n) is 5.10. The van der Waals surface area contributed by atoms with Gasteiger partial charge in [-0.2, -0.15) is 0 Å². The van der Waals surface area contributed by atoms with Gasteiger partial charge in [0.15, 0.2) is 0 Å². The van der Waals surface area contributed by atoms with E-state index in [-0.39, 0.29) is 11.5 Å². The molecule has 1 N–H and O–H groups in total. The molecule has 1 aromatic carbocycles. The van der Waals surface area contributed by atoms with Gasteiger partial charge in [-0.3, -0.25) is 9.59 Å².